The number of amides is 3. The summed E-state index contributed by atoms with van der Waals surface area (Å²) in [6.45, 7) is 1.10. The highest BCUT2D eigenvalue weighted by atomic mass is 35.5. The summed E-state index contributed by atoms with van der Waals surface area (Å²) in [5.74, 6) is -0.667. The molecule has 1 saturated heterocycles. The summed E-state index contributed by atoms with van der Waals surface area (Å²) in [4.78, 5) is 46.6. The van der Waals surface area contributed by atoms with Gasteiger partial charge >= 0.3 is 0 Å². The molecule has 212 valence electrons. The van der Waals surface area contributed by atoms with E-state index in [-0.39, 0.29) is 53.1 Å². The fourth-order valence-electron chi connectivity index (χ4n) is 6.23. The van der Waals surface area contributed by atoms with Crippen LogP contribution in [0.25, 0.3) is 0 Å². The SMILES string of the molecule is O=C(NC1CCC(CN2C(=O)C3(CN(C(=O)c4cccnn4)C3)c3ccccc32)CC1)c1cc(Cl)cnc1C(F)F. The van der Waals surface area contributed by atoms with Crippen molar-refractivity contribution in [2.24, 2.45) is 5.92 Å². The first-order valence-corrected chi connectivity index (χ1v) is 13.9. The van der Waals surface area contributed by atoms with Crippen LogP contribution in [-0.4, -0.2) is 63.5 Å². The van der Waals surface area contributed by atoms with Gasteiger partial charge in [0.1, 0.15) is 11.1 Å². The van der Waals surface area contributed by atoms with E-state index < -0.39 is 23.4 Å². The van der Waals surface area contributed by atoms with Crippen LogP contribution in [0.4, 0.5) is 14.5 Å². The lowest BCUT2D eigenvalue weighted by molar-refractivity contribution is -0.128. The molecule has 9 nitrogen and oxygen atoms in total. The van der Waals surface area contributed by atoms with E-state index in [0.29, 0.717) is 19.4 Å². The maximum atomic E-state index is 13.9. The Morgan fingerprint density at radius 3 is 2.56 bits per heavy atom. The summed E-state index contributed by atoms with van der Waals surface area (Å²) in [7, 11) is 0. The smallest absolute Gasteiger partial charge is 0.281 e. The minimum Gasteiger partial charge on any atom is -0.349 e. The molecule has 1 aromatic carbocycles. The lowest BCUT2D eigenvalue weighted by atomic mass is 9.74. The van der Waals surface area contributed by atoms with Crippen LogP contribution in [0.3, 0.4) is 0 Å². The van der Waals surface area contributed by atoms with E-state index in [1.807, 2.05) is 29.2 Å². The van der Waals surface area contributed by atoms with E-state index in [1.165, 1.54) is 12.3 Å². The Hall–Kier alpha value is -3.99. The van der Waals surface area contributed by atoms with Crippen LogP contribution in [0.5, 0.6) is 0 Å². The van der Waals surface area contributed by atoms with Gasteiger partial charge in [0, 0.05) is 43.8 Å². The molecule has 2 fully saturated rings. The molecular formula is C29H27ClF2N6O3. The minimum absolute atomic E-state index is 0.00898. The molecule has 3 amide bonds. The van der Waals surface area contributed by atoms with Gasteiger partial charge in [0.25, 0.3) is 18.2 Å². The van der Waals surface area contributed by atoms with E-state index in [4.69, 9.17) is 11.6 Å². The van der Waals surface area contributed by atoms with Crippen LogP contribution >= 0.6 is 11.6 Å². The lowest BCUT2D eigenvalue weighted by Gasteiger charge is -2.46. The summed E-state index contributed by atoms with van der Waals surface area (Å²) in [6.07, 6.45) is 2.55. The average molecular weight is 581 g/mol. The number of aromatic nitrogens is 3. The Kier molecular flexibility index (Phi) is 7.14. The highest BCUT2D eigenvalue weighted by molar-refractivity contribution is 6.30. The van der Waals surface area contributed by atoms with E-state index in [2.05, 4.69) is 20.5 Å². The molecule has 0 unspecified atom stereocenters. The average Bonchev–Trinajstić information content (AvgIpc) is 3.20. The number of nitrogens with zero attached hydrogens (tertiary/aromatic N) is 5. The van der Waals surface area contributed by atoms with Gasteiger partial charge in [-0.1, -0.05) is 29.8 Å². The van der Waals surface area contributed by atoms with Crippen molar-refractivity contribution in [1.29, 1.82) is 0 Å². The number of benzene rings is 1. The maximum Gasteiger partial charge on any atom is 0.281 e. The Morgan fingerprint density at radius 2 is 1.85 bits per heavy atom. The van der Waals surface area contributed by atoms with Crippen molar-refractivity contribution in [3.8, 4) is 0 Å². The standard InChI is InChI=1S/C29H27ClF2N6O3/c30-18-12-20(24(25(31)32)33-13-18)26(39)35-19-9-7-17(8-10-19)14-38-23-6-2-1-4-21(23)29(28(38)41)15-37(16-29)27(40)22-5-3-11-34-36-22/h1-6,11-13,17,19,25H,7-10,14-16H2,(H,35,39). The maximum absolute atomic E-state index is 13.9. The third-order valence-electron chi connectivity index (χ3n) is 8.32. The number of pyridine rings is 1. The van der Waals surface area contributed by atoms with Crippen molar-refractivity contribution in [3.05, 3.63) is 82.4 Å². The molecule has 1 spiro atoms. The van der Waals surface area contributed by atoms with Crippen LogP contribution in [0.2, 0.25) is 5.02 Å². The Bertz CT molecular complexity index is 1490. The molecule has 6 rings (SSSR count). The summed E-state index contributed by atoms with van der Waals surface area (Å²) in [6, 6.07) is 12.0. The number of anilines is 1. The molecule has 41 heavy (non-hydrogen) atoms. The minimum atomic E-state index is -2.89. The number of likely N-dealkylation sites (tertiary alicyclic amines) is 1. The predicted molar refractivity (Wildman–Crippen MR) is 146 cm³/mol. The zero-order valence-electron chi connectivity index (χ0n) is 22.0. The quantitative estimate of drug-likeness (QED) is 0.468. The first-order valence-electron chi connectivity index (χ1n) is 13.5. The van der Waals surface area contributed by atoms with Gasteiger partial charge in [-0.25, -0.2) is 8.78 Å². The molecule has 1 saturated carbocycles. The molecule has 3 aliphatic rings. The highest BCUT2D eigenvalue weighted by Gasteiger charge is 2.59. The number of fused-ring (bicyclic) bond motifs is 2. The number of para-hydroxylation sites is 1. The molecule has 1 N–H and O–H groups in total. The van der Waals surface area contributed by atoms with E-state index in [1.54, 1.807) is 17.0 Å². The van der Waals surface area contributed by atoms with Crippen LogP contribution < -0.4 is 10.2 Å². The van der Waals surface area contributed by atoms with Gasteiger partial charge in [-0.05, 0) is 61.4 Å². The number of alkyl halides is 2. The summed E-state index contributed by atoms with van der Waals surface area (Å²) in [5, 5.41) is 10.7. The number of hydrogen-bond donors (Lipinski definition) is 1. The highest BCUT2D eigenvalue weighted by Crippen LogP contribution is 2.48. The molecule has 12 heteroatoms. The van der Waals surface area contributed by atoms with Gasteiger partial charge in [0.2, 0.25) is 5.91 Å². The van der Waals surface area contributed by atoms with Gasteiger partial charge in [-0.3, -0.25) is 19.4 Å². The second-order valence-electron chi connectivity index (χ2n) is 10.9. The number of nitrogens with one attached hydrogen (secondary N) is 1. The van der Waals surface area contributed by atoms with Gasteiger partial charge in [-0.15, -0.1) is 5.10 Å². The number of carbonyl (C=O) groups is 3. The predicted octanol–water partition coefficient (Wildman–Crippen LogP) is 4.19. The van der Waals surface area contributed by atoms with Crippen molar-refractivity contribution in [3.63, 3.8) is 0 Å². The monoisotopic (exact) mass is 580 g/mol. The molecule has 2 aliphatic heterocycles. The Labute approximate surface area is 239 Å². The first kappa shape index (κ1) is 27.2. The third kappa shape index (κ3) is 4.92. The van der Waals surface area contributed by atoms with Crippen LogP contribution in [-0.2, 0) is 10.2 Å². The summed E-state index contributed by atoms with van der Waals surface area (Å²) in [5.41, 5.74) is 0.471. The van der Waals surface area contributed by atoms with E-state index in [9.17, 15) is 23.2 Å². The van der Waals surface area contributed by atoms with Crippen molar-refractivity contribution in [2.45, 2.75) is 43.6 Å². The second kappa shape index (κ2) is 10.8. The van der Waals surface area contributed by atoms with Crippen LogP contribution in [0.15, 0.2) is 54.9 Å². The number of rotatable bonds is 6. The number of halogens is 3. The zero-order valence-corrected chi connectivity index (χ0v) is 22.7. The Morgan fingerprint density at radius 1 is 1.10 bits per heavy atom. The van der Waals surface area contributed by atoms with Crippen molar-refractivity contribution in [1.82, 2.24) is 25.4 Å². The van der Waals surface area contributed by atoms with Gasteiger partial charge in [-0.2, -0.15) is 5.10 Å². The van der Waals surface area contributed by atoms with Crippen LogP contribution in [0.1, 0.15) is 64.2 Å². The van der Waals surface area contributed by atoms with Gasteiger partial charge in [0.15, 0.2) is 5.69 Å². The zero-order chi connectivity index (χ0) is 28.7. The van der Waals surface area contributed by atoms with Gasteiger partial charge < -0.3 is 15.1 Å². The van der Waals surface area contributed by atoms with Crippen molar-refractivity contribution in [2.75, 3.05) is 24.5 Å². The first-order chi connectivity index (χ1) is 19.8. The van der Waals surface area contributed by atoms with Crippen molar-refractivity contribution >= 4 is 35.0 Å². The molecule has 0 atom stereocenters. The van der Waals surface area contributed by atoms with E-state index >= 15 is 0 Å². The van der Waals surface area contributed by atoms with E-state index in [0.717, 1.165) is 30.3 Å². The Balaban J connectivity index is 1.09. The molecular weight excluding hydrogens is 554 g/mol. The summed E-state index contributed by atoms with van der Waals surface area (Å²) >= 11 is 5.90. The fraction of sp³-hybridized carbons (Fsp3) is 0.379. The molecule has 3 aromatic rings. The molecule has 1 aliphatic carbocycles. The molecule has 4 heterocycles. The van der Waals surface area contributed by atoms with Crippen molar-refractivity contribution < 1.29 is 23.2 Å². The summed E-state index contributed by atoms with van der Waals surface area (Å²) < 4.78 is 26.7. The molecule has 0 bridgehead atoms. The number of carbonyl (C=O) groups excluding carboxylic acids is 3. The molecule has 0 radical (unpaired) electrons. The second-order valence-corrected chi connectivity index (χ2v) is 11.3. The third-order valence-corrected chi connectivity index (χ3v) is 8.53. The largest absolute Gasteiger partial charge is 0.349 e. The van der Waals surface area contributed by atoms with Crippen LogP contribution in [0, 0.1) is 5.92 Å². The number of hydrogen-bond acceptors (Lipinski definition) is 6. The fourth-order valence-corrected chi connectivity index (χ4v) is 6.38. The normalized spacial score (nSPS) is 21.1. The lowest BCUT2D eigenvalue weighted by Crippen LogP contribution is -2.65. The molecule has 2 aromatic heterocycles. The topological polar surface area (TPSA) is 108 Å². The van der Waals surface area contributed by atoms with Gasteiger partial charge in [0.05, 0.1) is 10.6 Å².